The number of halogens is 7. The number of unbranched alkanes of at least 4 members (excludes halogenated alkanes) is 1. The zero-order valence-corrected chi connectivity index (χ0v) is 10.3. The van der Waals surface area contributed by atoms with E-state index in [1.54, 1.807) is 0 Å². The molecule has 0 aromatic carbocycles. The first-order valence-electron chi connectivity index (χ1n) is 5.41. The average molecular weight is 300 g/mol. The van der Waals surface area contributed by atoms with Crippen molar-refractivity contribution in [1.29, 1.82) is 0 Å². The monoisotopic (exact) mass is 300 g/mol. The number of alkyl halides is 7. The van der Waals surface area contributed by atoms with E-state index in [0.717, 1.165) is 0 Å². The highest BCUT2D eigenvalue weighted by atomic mass is 32.1. The molecule has 0 bridgehead atoms. The Morgan fingerprint density at radius 1 is 0.722 bits per heavy atom. The van der Waals surface area contributed by atoms with Crippen LogP contribution in [0.5, 0.6) is 0 Å². The molecule has 8 heteroatoms. The second-order valence-corrected chi connectivity index (χ2v) is 4.34. The number of hydrogen-bond donors (Lipinski definition) is 1. The zero-order chi connectivity index (χ0) is 14.3. The summed E-state index contributed by atoms with van der Waals surface area (Å²) in [6.45, 7) is -0.732. The van der Waals surface area contributed by atoms with Gasteiger partial charge >= 0.3 is 0 Å². The SMILES string of the molecule is FCCCCC(F)C(F)C(F)C(F)C(F)C(F)S. The van der Waals surface area contributed by atoms with Crippen molar-refractivity contribution < 1.29 is 30.7 Å². The van der Waals surface area contributed by atoms with E-state index in [2.05, 4.69) is 12.6 Å². The van der Waals surface area contributed by atoms with Crippen LogP contribution in [-0.4, -0.2) is 43.0 Å². The van der Waals surface area contributed by atoms with Crippen molar-refractivity contribution in [2.24, 2.45) is 0 Å². The van der Waals surface area contributed by atoms with Crippen LogP contribution in [0.4, 0.5) is 30.7 Å². The van der Waals surface area contributed by atoms with Crippen LogP contribution in [0.1, 0.15) is 19.3 Å². The van der Waals surface area contributed by atoms with Gasteiger partial charge in [0.15, 0.2) is 30.2 Å². The third kappa shape index (κ3) is 5.67. The van der Waals surface area contributed by atoms with Crippen LogP contribution >= 0.6 is 12.6 Å². The fourth-order valence-corrected chi connectivity index (χ4v) is 1.46. The lowest BCUT2D eigenvalue weighted by molar-refractivity contribution is -0.00973. The van der Waals surface area contributed by atoms with E-state index in [0.29, 0.717) is 0 Å². The summed E-state index contributed by atoms with van der Waals surface area (Å²) in [6.07, 6.45) is -15.1. The van der Waals surface area contributed by atoms with Crippen molar-refractivity contribution in [2.75, 3.05) is 6.67 Å². The van der Waals surface area contributed by atoms with Gasteiger partial charge in [0.1, 0.15) is 6.17 Å². The van der Waals surface area contributed by atoms with Crippen LogP contribution in [0.15, 0.2) is 0 Å². The topological polar surface area (TPSA) is 0 Å². The van der Waals surface area contributed by atoms with Crippen molar-refractivity contribution in [3.8, 4) is 0 Å². The van der Waals surface area contributed by atoms with Crippen LogP contribution in [0.3, 0.4) is 0 Å². The van der Waals surface area contributed by atoms with Gasteiger partial charge in [-0.15, -0.1) is 12.6 Å². The molecule has 0 aliphatic rings. The molecule has 0 aromatic heterocycles. The van der Waals surface area contributed by atoms with Gasteiger partial charge in [-0.05, 0) is 19.3 Å². The molecule has 6 atom stereocenters. The summed E-state index contributed by atoms with van der Waals surface area (Å²) in [4.78, 5) is 0. The van der Waals surface area contributed by atoms with Crippen molar-refractivity contribution in [3.63, 3.8) is 0 Å². The second-order valence-electron chi connectivity index (χ2n) is 3.85. The molecule has 0 saturated heterocycles. The largest absolute Gasteiger partial charge is 0.251 e. The lowest BCUT2D eigenvalue weighted by atomic mass is 10.0. The van der Waals surface area contributed by atoms with Gasteiger partial charge in [-0.1, -0.05) is 0 Å². The van der Waals surface area contributed by atoms with Gasteiger partial charge in [0.25, 0.3) is 0 Å². The Morgan fingerprint density at radius 3 is 1.67 bits per heavy atom. The summed E-state index contributed by atoms with van der Waals surface area (Å²) >= 11 is 2.91. The Kier molecular flexibility index (Phi) is 8.81. The van der Waals surface area contributed by atoms with Crippen LogP contribution in [0, 0.1) is 0 Å². The quantitative estimate of drug-likeness (QED) is 0.371. The average Bonchev–Trinajstić information content (AvgIpc) is 2.35. The number of rotatable bonds is 9. The van der Waals surface area contributed by atoms with Crippen LogP contribution < -0.4 is 0 Å². The summed E-state index contributed by atoms with van der Waals surface area (Å²) in [5.41, 5.74) is -2.62. The fourth-order valence-electron chi connectivity index (χ4n) is 1.30. The Morgan fingerprint density at radius 2 is 1.22 bits per heavy atom. The molecule has 0 radical (unpaired) electrons. The Labute approximate surface area is 106 Å². The highest BCUT2D eigenvalue weighted by Crippen LogP contribution is 2.26. The van der Waals surface area contributed by atoms with E-state index in [1.807, 2.05) is 0 Å². The third-order valence-corrected chi connectivity index (χ3v) is 2.67. The van der Waals surface area contributed by atoms with E-state index >= 15 is 0 Å². The minimum absolute atomic E-state index is 0.0297. The molecule has 0 nitrogen and oxygen atoms in total. The lowest BCUT2D eigenvalue weighted by Crippen LogP contribution is -2.41. The predicted molar refractivity (Wildman–Crippen MR) is 58.2 cm³/mol. The molecule has 0 aromatic rings. The molecule has 6 unspecified atom stereocenters. The Balaban J connectivity index is 4.26. The zero-order valence-electron chi connectivity index (χ0n) is 9.39. The van der Waals surface area contributed by atoms with Gasteiger partial charge in [0.05, 0.1) is 6.67 Å². The van der Waals surface area contributed by atoms with Gasteiger partial charge in [0.2, 0.25) is 0 Å². The summed E-state index contributed by atoms with van der Waals surface area (Å²) in [7, 11) is 0. The first kappa shape index (κ1) is 17.9. The molecule has 0 fully saturated rings. The van der Waals surface area contributed by atoms with E-state index in [9.17, 15) is 30.7 Å². The molecule has 0 aliphatic heterocycles. The van der Waals surface area contributed by atoms with Gasteiger partial charge < -0.3 is 0 Å². The summed E-state index contributed by atoms with van der Waals surface area (Å²) in [6, 6.07) is 0. The summed E-state index contributed by atoms with van der Waals surface area (Å²) in [5.74, 6) is 0. The molecular weight excluding hydrogens is 285 g/mol. The third-order valence-electron chi connectivity index (χ3n) is 2.38. The van der Waals surface area contributed by atoms with Crippen molar-refractivity contribution in [2.45, 2.75) is 55.6 Å². The minimum atomic E-state index is -3.13. The van der Waals surface area contributed by atoms with E-state index in [1.165, 1.54) is 0 Å². The van der Waals surface area contributed by atoms with Crippen molar-refractivity contribution in [1.82, 2.24) is 0 Å². The Hall–Kier alpha value is -0.140. The van der Waals surface area contributed by atoms with E-state index in [-0.39, 0.29) is 12.8 Å². The molecule has 0 N–H and O–H groups in total. The maximum Gasteiger partial charge on any atom is 0.177 e. The normalized spacial score (nSPS) is 22.0. The first-order valence-corrected chi connectivity index (χ1v) is 5.93. The van der Waals surface area contributed by atoms with Gasteiger partial charge in [-0.3, -0.25) is 4.39 Å². The molecule has 0 rings (SSSR count). The molecule has 0 heterocycles. The lowest BCUT2D eigenvalue weighted by Gasteiger charge is -2.22. The van der Waals surface area contributed by atoms with Crippen LogP contribution in [0.25, 0.3) is 0 Å². The van der Waals surface area contributed by atoms with Crippen LogP contribution in [0.2, 0.25) is 0 Å². The second kappa shape index (κ2) is 8.87. The van der Waals surface area contributed by atoms with Gasteiger partial charge in [0, 0.05) is 0 Å². The highest BCUT2D eigenvalue weighted by molar-refractivity contribution is 7.80. The predicted octanol–water partition coefficient (Wildman–Crippen LogP) is 4.04. The molecular formula is C10H15F7S. The molecule has 110 valence electrons. The van der Waals surface area contributed by atoms with E-state index in [4.69, 9.17) is 0 Å². The van der Waals surface area contributed by atoms with Crippen molar-refractivity contribution >= 4 is 12.6 Å². The smallest absolute Gasteiger partial charge is 0.177 e. The first-order chi connectivity index (χ1) is 8.32. The minimum Gasteiger partial charge on any atom is -0.251 e. The van der Waals surface area contributed by atoms with Crippen LogP contribution in [-0.2, 0) is 0 Å². The fraction of sp³-hybridized carbons (Fsp3) is 1.00. The molecule has 0 amide bonds. The van der Waals surface area contributed by atoms with Gasteiger partial charge in [-0.2, -0.15) is 0 Å². The number of hydrogen-bond acceptors (Lipinski definition) is 1. The summed E-state index contributed by atoms with van der Waals surface area (Å²) in [5, 5.41) is 0. The highest BCUT2D eigenvalue weighted by Gasteiger charge is 2.42. The van der Waals surface area contributed by atoms with Gasteiger partial charge in [-0.25, -0.2) is 26.3 Å². The van der Waals surface area contributed by atoms with E-state index < -0.39 is 49.5 Å². The molecule has 0 aliphatic carbocycles. The standard InChI is InChI=1S/C10H15F7S/c11-4-2-1-3-5(12)6(13)7(14)8(15)9(16)10(17)18/h5-10,18H,1-4H2. The summed E-state index contributed by atoms with van der Waals surface area (Å²) < 4.78 is 88.8. The Bertz CT molecular complexity index is 216. The number of thiol groups is 1. The molecule has 0 saturated carbocycles. The van der Waals surface area contributed by atoms with Crippen molar-refractivity contribution in [3.05, 3.63) is 0 Å². The maximum atomic E-state index is 13.1. The molecule has 0 spiro atoms. The maximum absolute atomic E-state index is 13.1. The molecule has 18 heavy (non-hydrogen) atoms.